The molecule has 0 aliphatic carbocycles. The standard InChI is InChI=1S/C15H16N2O3S/c1-10-8-13(12-4-2-3-5-14(12)16-10)15(18)17-11-6-7-21(19,20)9-11/h2-5,8,11H,6-7,9H2,1H3,(H,17,18). The molecule has 1 fully saturated rings. The van der Waals surface area contributed by atoms with Crippen molar-refractivity contribution < 1.29 is 13.2 Å². The molecule has 1 aliphatic heterocycles. The van der Waals surface area contributed by atoms with Crippen molar-refractivity contribution in [2.24, 2.45) is 0 Å². The number of benzene rings is 1. The van der Waals surface area contributed by atoms with Crippen molar-refractivity contribution in [3.8, 4) is 0 Å². The predicted octanol–water partition coefficient (Wildman–Crippen LogP) is 1.46. The predicted molar refractivity (Wildman–Crippen MR) is 81.0 cm³/mol. The van der Waals surface area contributed by atoms with Crippen LogP contribution in [0.15, 0.2) is 30.3 Å². The van der Waals surface area contributed by atoms with E-state index >= 15 is 0 Å². The van der Waals surface area contributed by atoms with E-state index in [0.717, 1.165) is 16.6 Å². The third kappa shape index (κ3) is 2.90. The van der Waals surface area contributed by atoms with Gasteiger partial charge in [-0.05, 0) is 25.5 Å². The van der Waals surface area contributed by atoms with Crippen molar-refractivity contribution in [3.05, 3.63) is 41.6 Å². The first-order valence-corrected chi connectivity index (χ1v) is 8.64. The van der Waals surface area contributed by atoms with Gasteiger partial charge in [-0.1, -0.05) is 18.2 Å². The Morgan fingerprint density at radius 1 is 1.33 bits per heavy atom. The highest BCUT2D eigenvalue weighted by Gasteiger charge is 2.29. The van der Waals surface area contributed by atoms with E-state index in [0.29, 0.717) is 12.0 Å². The van der Waals surface area contributed by atoms with Gasteiger partial charge in [0.05, 0.1) is 22.6 Å². The number of carbonyl (C=O) groups excluding carboxylic acids is 1. The van der Waals surface area contributed by atoms with Crippen molar-refractivity contribution in [1.82, 2.24) is 10.3 Å². The van der Waals surface area contributed by atoms with Gasteiger partial charge < -0.3 is 5.32 Å². The van der Waals surface area contributed by atoms with Gasteiger partial charge >= 0.3 is 0 Å². The summed E-state index contributed by atoms with van der Waals surface area (Å²) in [5, 5.41) is 3.60. The average Bonchev–Trinajstić information content (AvgIpc) is 2.76. The van der Waals surface area contributed by atoms with Gasteiger partial charge in [0.15, 0.2) is 9.84 Å². The SMILES string of the molecule is Cc1cc(C(=O)NC2CCS(=O)(=O)C2)c2ccccc2n1. The molecule has 0 saturated carbocycles. The van der Waals surface area contributed by atoms with Crippen LogP contribution in [0.1, 0.15) is 22.5 Å². The number of amides is 1. The van der Waals surface area contributed by atoms with Crippen LogP contribution in [-0.2, 0) is 9.84 Å². The number of rotatable bonds is 2. The van der Waals surface area contributed by atoms with Crippen LogP contribution in [0.25, 0.3) is 10.9 Å². The first kappa shape index (κ1) is 14.0. The van der Waals surface area contributed by atoms with Gasteiger partial charge in [-0.15, -0.1) is 0 Å². The Labute approximate surface area is 123 Å². The lowest BCUT2D eigenvalue weighted by Crippen LogP contribution is -2.35. The zero-order valence-electron chi connectivity index (χ0n) is 11.7. The molecule has 110 valence electrons. The fourth-order valence-electron chi connectivity index (χ4n) is 2.67. The van der Waals surface area contributed by atoms with Crippen LogP contribution in [0.3, 0.4) is 0 Å². The topological polar surface area (TPSA) is 76.1 Å². The maximum atomic E-state index is 12.4. The number of hydrogen-bond acceptors (Lipinski definition) is 4. The minimum Gasteiger partial charge on any atom is -0.348 e. The minimum atomic E-state index is -3.00. The third-order valence-electron chi connectivity index (χ3n) is 3.66. The molecule has 1 atom stereocenters. The van der Waals surface area contributed by atoms with Gasteiger partial charge in [-0.3, -0.25) is 9.78 Å². The average molecular weight is 304 g/mol. The number of nitrogens with one attached hydrogen (secondary N) is 1. The Balaban J connectivity index is 1.91. The fraction of sp³-hybridized carbons (Fsp3) is 0.333. The van der Waals surface area contributed by atoms with Crippen LogP contribution < -0.4 is 5.32 Å². The van der Waals surface area contributed by atoms with Crippen molar-refractivity contribution >= 4 is 26.6 Å². The molecule has 21 heavy (non-hydrogen) atoms. The number of hydrogen-bond donors (Lipinski definition) is 1. The van der Waals surface area contributed by atoms with Crippen molar-refractivity contribution in [1.29, 1.82) is 0 Å². The highest BCUT2D eigenvalue weighted by atomic mass is 32.2. The Morgan fingerprint density at radius 2 is 2.10 bits per heavy atom. The normalized spacial score (nSPS) is 20.5. The molecule has 6 heteroatoms. The number of sulfone groups is 1. The summed E-state index contributed by atoms with van der Waals surface area (Å²) in [5.41, 5.74) is 2.07. The van der Waals surface area contributed by atoms with Gasteiger partial charge in [0.1, 0.15) is 0 Å². The first-order valence-electron chi connectivity index (χ1n) is 6.82. The lowest BCUT2D eigenvalue weighted by Gasteiger charge is -2.13. The number of fused-ring (bicyclic) bond motifs is 1. The second kappa shape index (κ2) is 5.11. The number of nitrogens with zero attached hydrogens (tertiary/aromatic N) is 1. The molecule has 1 unspecified atom stereocenters. The Hall–Kier alpha value is -1.95. The Kier molecular flexibility index (Phi) is 3.41. The fourth-order valence-corrected chi connectivity index (χ4v) is 4.34. The Bertz CT molecular complexity index is 815. The van der Waals surface area contributed by atoms with E-state index in [1.165, 1.54) is 0 Å². The largest absolute Gasteiger partial charge is 0.348 e. The molecule has 2 aromatic rings. The molecule has 3 rings (SSSR count). The second-order valence-corrected chi connectivity index (χ2v) is 7.63. The molecule has 1 amide bonds. The van der Waals surface area contributed by atoms with E-state index in [9.17, 15) is 13.2 Å². The maximum Gasteiger partial charge on any atom is 0.252 e. The zero-order chi connectivity index (χ0) is 15.0. The molecule has 1 N–H and O–H groups in total. The summed E-state index contributed by atoms with van der Waals surface area (Å²) >= 11 is 0. The van der Waals surface area contributed by atoms with Crippen LogP contribution in [0.2, 0.25) is 0 Å². The molecule has 1 aromatic carbocycles. The van der Waals surface area contributed by atoms with E-state index in [1.54, 1.807) is 6.07 Å². The van der Waals surface area contributed by atoms with E-state index in [1.807, 2.05) is 31.2 Å². The number of pyridine rings is 1. The monoisotopic (exact) mass is 304 g/mol. The van der Waals surface area contributed by atoms with Crippen molar-refractivity contribution in [2.45, 2.75) is 19.4 Å². The van der Waals surface area contributed by atoms with Crippen LogP contribution in [0, 0.1) is 6.92 Å². The highest BCUT2D eigenvalue weighted by molar-refractivity contribution is 7.91. The molecule has 0 spiro atoms. The summed E-state index contributed by atoms with van der Waals surface area (Å²) in [7, 11) is -3.00. The van der Waals surface area contributed by atoms with Gasteiger partial charge in [0.2, 0.25) is 0 Å². The number of carbonyl (C=O) groups is 1. The first-order chi connectivity index (χ1) is 9.94. The van der Waals surface area contributed by atoms with Crippen LogP contribution in [0.4, 0.5) is 0 Å². The summed E-state index contributed by atoms with van der Waals surface area (Å²) in [5.74, 6) is -0.0618. The van der Waals surface area contributed by atoms with Gasteiger partial charge in [-0.25, -0.2) is 8.42 Å². The smallest absolute Gasteiger partial charge is 0.252 e. The van der Waals surface area contributed by atoms with Crippen molar-refractivity contribution in [3.63, 3.8) is 0 Å². The summed E-state index contributed by atoms with van der Waals surface area (Å²) in [6, 6.07) is 8.88. The summed E-state index contributed by atoms with van der Waals surface area (Å²) < 4.78 is 22.9. The second-order valence-electron chi connectivity index (χ2n) is 5.40. The molecule has 2 heterocycles. The van der Waals surface area contributed by atoms with Gasteiger partial charge in [-0.2, -0.15) is 0 Å². The van der Waals surface area contributed by atoms with E-state index in [2.05, 4.69) is 10.3 Å². The van der Waals surface area contributed by atoms with Gasteiger partial charge in [0.25, 0.3) is 5.91 Å². The van der Waals surface area contributed by atoms with Crippen LogP contribution in [0.5, 0.6) is 0 Å². The van der Waals surface area contributed by atoms with Crippen LogP contribution in [-0.4, -0.2) is 36.9 Å². The van der Waals surface area contributed by atoms with E-state index < -0.39 is 9.84 Å². The van der Waals surface area contributed by atoms with E-state index in [4.69, 9.17) is 0 Å². The highest BCUT2D eigenvalue weighted by Crippen LogP contribution is 2.19. The lowest BCUT2D eigenvalue weighted by molar-refractivity contribution is 0.0942. The molecule has 1 aromatic heterocycles. The van der Waals surface area contributed by atoms with Crippen LogP contribution >= 0.6 is 0 Å². The van der Waals surface area contributed by atoms with E-state index in [-0.39, 0.29) is 23.5 Å². The zero-order valence-corrected chi connectivity index (χ0v) is 12.5. The molecular weight excluding hydrogens is 288 g/mol. The molecule has 1 saturated heterocycles. The van der Waals surface area contributed by atoms with Gasteiger partial charge in [0, 0.05) is 17.1 Å². The molecule has 1 aliphatic rings. The molecule has 5 nitrogen and oxygen atoms in total. The summed E-state index contributed by atoms with van der Waals surface area (Å²) in [4.78, 5) is 16.8. The third-order valence-corrected chi connectivity index (χ3v) is 5.42. The quantitative estimate of drug-likeness (QED) is 0.911. The molecule has 0 radical (unpaired) electrons. The Morgan fingerprint density at radius 3 is 2.81 bits per heavy atom. The summed E-state index contributed by atoms with van der Waals surface area (Å²) in [6.07, 6.45) is 0.482. The number of aryl methyl sites for hydroxylation is 1. The molecular formula is C15H16N2O3S. The minimum absolute atomic E-state index is 0.0285. The maximum absolute atomic E-state index is 12.4. The number of para-hydroxylation sites is 1. The van der Waals surface area contributed by atoms with Crippen molar-refractivity contribution in [2.75, 3.05) is 11.5 Å². The lowest BCUT2D eigenvalue weighted by atomic mass is 10.1. The number of aromatic nitrogens is 1. The summed E-state index contributed by atoms with van der Waals surface area (Å²) in [6.45, 7) is 1.84. The molecule has 0 bridgehead atoms.